The van der Waals surface area contributed by atoms with Crippen LogP contribution < -0.4 is 5.32 Å². The van der Waals surface area contributed by atoms with Gasteiger partial charge in [-0.1, -0.05) is 30.3 Å². The van der Waals surface area contributed by atoms with E-state index in [0.717, 1.165) is 30.2 Å². The third kappa shape index (κ3) is 4.55. The molecule has 0 aliphatic rings. The van der Waals surface area contributed by atoms with Gasteiger partial charge < -0.3 is 10.2 Å². The average Bonchev–Trinajstić information content (AvgIpc) is 3.48. The van der Waals surface area contributed by atoms with Crippen LogP contribution in [0.2, 0.25) is 0 Å². The molecule has 4 aromatic rings. The highest BCUT2D eigenvalue weighted by Gasteiger charge is 2.22. The first-order chi connectivity index (χ1) is 14.2. The molecule has 7 nitrogen and oxygen atoms in total. The van der Waals surface area contributed by atoms with Crippen molar-refractivity contribution in [3.8, 4) is 0 Å². The number of aromatic nitrogens is 4. The number of amides is 1. The Bertz CT molecular complexity index is 1050. The molecule has 0 aliphatic carbocycles. The maximum Gasteiger partial charge on any atom is 0.274 e. The quantitative estimate of drug-likeness (QED) is 0.433. The number of carbonyl (C=O) groups excluding carboxylic acids is 1. The summed E-state index contributed by atoms with van der Waals surface area (Å²) in [5, 5.41) is 9.61. The summed E-state index contributed by atoms with van der Waals surface area (Å²) in [6.45, 7) is 2.77. The van der Waals surface area contributed by atoms with Crippen LogP contribution in [0.15, 0.2) is 60.4 Å². The molecule has 150 valence electrons. The molecule has 4 rings (SSSR count). The summed E-state index contributed by atoms with van der Waals surface area (Å²) in [6.07, 6.45) is 6.50. The van der Waals surface area contributed by atoms with Crippen molar-refractivity contribution < 1.29 is 4.79 Å². The fourth-order valence-electron chi connectivity index (χ4n) is 3.23. The number of thiazole rings is 1. The molecule has 0 atom stereocenters. The predicted molar refractivity (Wildman–Crippen MR) is 114 cm³/mol. The van der Waals surface area contributed by atoms with Gasteiger partial charge in [0.15, 0.2) is 10.7 Å². The topological polar surface area (TPSA) is 67.5 Å². The number of hydrogen-bond acceptors (Lipinski definition) is 5. The van der Waals surface area contributed by atoms with E-state index in [9.17, 15) is 4.79 Å². The molecule has 0 unspecified atom stereocenters. The van der Waals surface area contributed by atoms with Gasteiger partial charge in [-0.15, -0.1) is 11.3 Å². The molecule has 0 radical (unpaired) electrons. The maximum absolute atomic E-state index is 13.1. The third-order valence-corrected chi connectivity index (χ3v) is 5.61. The van der Waals surface area contributed by atoms with Gasteiger partial charge in [-0.3, -0.25) is 13.9 Å². The van der Waals surface area contributed by atoms with Crippen LogP contribution >= 0.6 is 11.3 Å². The minimum atomic E-state index is -0.0410. The summed E-state index contributed by atoms with van der Waals surface area (Å²) < 4.78 is 3.89. The van der Waals surface area contributed by atoms with Gasteiger partial charge >= 0.3 is 0 Å². The Morgan fingerprint density at radius 2 is 2.07 bits per heavy atom. The molecule has 0 spiro atoms. The lowest BCUT2D eigenvalue weighted by Crippen LogP contribution is -2.31. The van der Waals surface area contributed by atoms with E-state index >= 15 is 0 Å². The van der Waals surface area contributed by atoms with Crippen molar-refractivity contribution in [1.82, 2.24) is 29.4 Å². The van der Waals surface area contributed by atoms with Crippen LogP contribution in [0.1, 0.15) is 21.7 Å². The highest BCUT2D eigenvalue weighted by molar-refractivity contribution is 7.15. The van der Waals surface area contributed by atoms with E-state index in [4.69, 9.17) is 0 Å². The van der Waals surface area contributed by atoms with Gasteiger partial charge in [0.2, 0.25) is 0 Å². The zero-order chi connectivity index (χ0) is 20.1. The highest BCUT2D eigenvalue weighted by Crippen LogP contribution is 2.19. The van der Waals surface area contributed by atoms with E-state index in [1.165, 1.54) is 16.9 Å². The second kappa shape index (κ2) is 9.02. The summed E-state index contributed by atoms with van der Waals surface area (Å²) >= 11 is 1.54. The van der Waals surface area contributed by atoms with Crippen molar-refractivity contribution in [2.45, 2.75) is 19.5 Å². The third-order valence-electron chi connectivity index (χ3n) is 4.86. The number of likely N-dealkylation sites (N-methyl/N-ethyl adjacent to an activating group) is 1. The van der Waals surface area contributed by atoms with Gasteiger partial charge in [-0.2, -0.15) is 5.10 Å². The van der Waals surface area contributed by atoms with E-state index in [2.05, 4.69) is 27.5 Å². The van der Waals surface area contributed by atoms with Gasteiger partial charge in [0.1, 0.15) is 0 Å². The van der Waals surface area contributed by atoms with Gasteiger partial charge in [0.05, 0.1) is 12.2 Å². The summed E-state index contributed by atoms with van der Waals surface area (Å²) in [7, 11) is 1.84. The van der Waals surface area contributed by atoms with Crippen LogP contribution in [-0.2, 0) is 19.5 Å². The predicted octanol–water partition coefficient (Wildman–Crippen LogP) is 2.70. The first-order valence-electron chi connectivity index (χ1n) is 9.64. The number of hydrogen-bond donors (Lipinski definition) is 1. The van der Waals surface area contributed by atoms with Gasteiger partial charge in [0.25, 0.3) is 5.91 Å². The van der Waals surface area contributed by atoms with Crippen molar-refractivity contribution >= 4 is 22.2 Å². The zero-order valence-corrected chi connectivity index (χ0v) is 17.2. The molecule has 0 bridgehead atoms. The van der Waals surface area contributed by atoms with Crippen molar-refractivity contribution in [2.75, 3.05) is 20.1 Å². The standard InChI is InChI=1S/C21H24N6OS/c1-25(12-8-17-6-3-2-4-7-17)20(28)19-18(27-14-15-29-21(27)24-19)16-22-10-13-26-11-5-9-23-26/h2-7,9,11,14-15,22H,8,10,12-13,16H2,1H3. The minimum absolute atomic E-state index is 0.0410. The fraction of sp³-hybridized carbons (Fsp3) is 0.286. The van der Waals surface area contributed by atoms with Crippen LogP contribution in [0.4, 0.5) is 0 Å². The molecular formula is C21H24N6OS. The van der Waals surface area contributed by atoms with Gasteiger partial charge in [0, 0.05) is 50.7 Å². The Labute approximate surface area is 173 Å². The molecule has 1 aromatic carbocycles. The van der Waals surface area contributed by atoms with E-state index in [-0.39, 0.29) is 5.91 Å². The normalized spacial score (nSPS) is 11.2. The van der Waals surface area contributed by atoms with E-state index in [1.807, 2.05) is 58.2 Å². The van der Waals surface area contributed by atoms with Crippen LogP contribution in [0.3, 0.4) is 0 Å². The first-order valence-corrected chi connectivity index (χ1v) is 10.5. The molecule has 0 saturated heterocycles. The number of nitrogens with zero attached hydrogens (tertiary/aromatic N) is 5. The maximum atomic E-state index is 13.1. The second-order valence-electron chi connectivity index (χ2n) is 6.87. The number of rotatable bonds is 9. The van der Waals surface area contributed by atoms with Crippen LogP contribution in [0.25, 0.3) is 4.96 Å². The Morgan fingerprint density at radius 1 is 1.21 bits per heavy atom. The highest BCUT2D eigenvalue weighted by atomic mass is 32.1. The molecule has 1 amide bonds. The molecule has 29 heavy (non-hydrogen) atoms. The number of benzene rings is 1. The number of fused-ring (bicyclic) bond motifs is 1. The molecule has 0 saturated carbocycles. The monoisotopic (exact) mass is 408 g/mol. The lowest BCUT2D eigenvalue weighted by Gasteiger charge is -2.17. The Hall–Kier alpha value is -2.97. The molecule has 3 aromatic heterocycles. The molecule has 0 fully saturated rings. The lowest BCUT2D eigenvalue weighted by molar-refractivity contribution is 0.0790. The summed E-state index contributed by atoms with van der Waals surface area (Å²) in [5.74, 6) is -0.0410. The van der Waals surface area contributed by atoms with Crippen LogP contribution in [-0.4, -0.2) is 50.1 Å². The molecule has 1 N–H and O–H groups in total. The smallest absolute Gasteiger partial charge is 0.274 e. The van der Waals surface area contributed by atoms with Gasteiger partial charge in [-0.25, -0.2) is 4.98 Å². The molecule has 8 heteroatoms. The Balaban J connectivity index is 1.42. The summed E-state index contributed by atoms with van der Waals surface area (Å²) in [6, 6.07) is 12.1. The molecular weight excluding hydrogens is 384 g/mol. The van der Waals surface area contributed by atoms with Crippen molar-refractivity contribution in [1.29, 1.82) is 0 Å². The summed E-state index contributed by atoms with van der Waals surface area (Å²) in [5.41, 5.74) is 2.65. The lowest BCUT2D eigenvalue weighted by atomic mass is 10.1. The molecule has 0 aliphatic heterocycles. The van der Waals surface area contributed by atoms with Crippen molar-refractivity contribution in [2.24, 2.45) is 0 Å². The van der Waals surface area contributed by atoms with Gasteiger partial charge in [-0.05, 0) is 18.1 Å². The van der Waals surface area contributed by atoms with Crippen LogP contribution in [0, 0.1) is 0 Å². The first kappa shape index (κ1) is 19.4. The number of carbonyl (C=O) groups is 1. The fourth-order valence-corrected chi connectivity index (χ4v) is 3.96. The Kier molecular flexibility index (Phi) is 6.02. The number of imidazole rings is 1. The Morgan fingerprint density at radius 3 is 2.86 bits per heavy atom. The van der Waals surface area contributed by atoms with Crippen LogP contribution in [0.5, 0.6) is 0 Å². The van der Waals surface area contributed by atoms with E-state index in [0.29, 0.717) is 18.8 Å². The van der Waals surface area contributed by atoms with Crippen molar-refractivity contribution in [3.05, 3.63) is 77.3 Å². The van der Waals surface area contributed by atoms with E-state index < -0.39 is 0 Å². The average molecular weight is 409 g/mol. The summed E-state index contributed by atoms with van der Waals surface area (Å²) in [4.78, 5) is 20.3. The largest absolute Gasteiger partial charge is 0.340 e. The minimum Gasteiger partial charge on any atom is -0.340 e. The van der Waals surface area contributed by atoms with Crippen molar-refractivity contribution in [3.63, 3.8) is 0 Å². The number of nitrogens with one attached hydrogen (secondary N) is 1. The second-order valence-corrected chi connectivity index (χ2v) is 7.74. The van der Waals surface area contributed by atoms with E-state index in [1.54, 1.807) is 11.1 Å². The zero-order valence-electron chi connectivity index (χ0n) is 16.4. The molecule has 3 heterocycles. The SMILES string of the molecule is CN(CCc1ccccc1)C(=O)c1nc2sccn2c1CNCCn1cccn1.